The summed E-state index contributed by atoms with van der Waals surface area (Å²) in [5, 5.41) is 4.78. The van der Waals surface area contributed by atoms with Gasteiger partial charge in [-0.3, -0.25) is 0 Å². The number of fused-ring (bicyclic) bond motifs is 8. The molecule has 0 unspecified atom stereocenters. The van der Waals surface area contributed by atoms with Crippen LogP contribution in [0.4, 0.5) is 22.7 Å². The van der Waals surface area contributed by atoms with Crippen molar-refractivity contribution in [2.75, 3.05) is 9.80 Å². The van der Waals surface area contributed by atoms with Crippen LogP contribution >= 0.6 is 11.3 Å². The van der Waals surface area contributed by atoms with Gasteiger partial charge in [-0.05, 0) is 193 Å². The summed E-state index contributed by atoms with van der Waals surface area (Å²) < 4.78 is 12.5. The van der Waals surface area contributed by atoms with Crippen LogP contribution in [0.5, 0.6) is 11.5 Å². The van der Waals surface area contributed by atoms with Gasteiger partial charge in [-0.15, -0.1) is 65.0 Å². The fraction of sp³-hybridized carbons (Fsp3) is 0.365. The molecule has 5 nitrogen and oxygen atoms in total. The molecule has 0 saturated heterocycles. The number of benzene rings is 10. The van der Waals surface area contributed by atoms with Crippen molar-refractivity contribution >= 4 is 76.1 Å². The van der Waals surface area contributed by atoms with Crippen molar-refractivity contribution in [3.05, 3.63) is 257 Å². The molecule has 13 aromatic rings. The van der Waals surface area contributed by atoms with Crippen molar-refractivity contribution in [1.82, 2.24) is 9.55 Å². The van der Waals surface area contributed by atoms with Gasteiger partial charge in [0.05, 0.1) is 0 Å². The van der Waals surface area contributed by atoms with Gasteiger partial charge in [0, 0.05) is 92.6 Å². The molecule has 10 aromatic carbocycles. The first kappa shape index (κ1) is 80.5. The van der Waals surface area contributed by atoms with Crippen LogP contribution in [0.3, 0.4) is 0 Å². The van der Waals surface area contributed by atoms with Crippen molar-refractivity contribution < 1.29 is 25.8 Å². The Hall–Kier alpha value is -8.54. The molecule has 0 amide bonds. The molecule has 111 heavy (non-hydrogen) atoms. The Balaban J connectivity index is 0.0000108. The quantitative estimate of drug-likeness (QED) is 0.121. The van der Waals surface area contributed by atoms with E-state index in [1.165, 1.54) is 120 Å². The summed E-state index contributed by atoms with van der Waals surface area (Å²) in [6, 6.07) is 76.0. The number of rotatable bonds is 11. The van der Waals surface area contributed by atoms with Gasteiger partial charge in [-0.1, -0.05) is 303 Å². The van der Waals surface area contributed by atoms with Crippen LogP contribution in [-0.4, -0.2) is 9.55 Å². The van der Waals surface area contributed by atoms with E-state index in [1.807, 2.05) is 17.5 Å². The minimum absolute atomic E-state index is 0. The second-order valence-electron chi connectivity index (χ2n) is 40.4. The van der Waals surface area contributed by atoms with E-state index in [0.29, 0.717) is 11.5 Å². The third-order valence-corrected chi connectivity index (χ3v) is 24.0. The molecule has 0 N–H and O–H groups in total. The predicted octanol–water partition coefficient (Wildman–Crippen LogP) is 30.6. The Morgan fingerprint density at radius 2 is 0.838 bits per heavy atom. The summed E-state index contributed by atoms with van der Waals surface area (Å²) in [5.74, 6) is 2.46. The number of aromatic nitrogens is 2. The van der Waals surface area contributed by atoms with E-state index < -0.39 is 0 Å². The van der Waals surface area contributed by atoms with Crippen LogP contribution in [-0.2, 0) is 64.4 Å². The number of anilines is 4. The average molecular weight is 1670 g/mol. The van der Waals surface area contributed by atoms with E-state index in [4.69, 9.17) is 9.72 Å². The summed E-state index contributed by atoms with van der Waals surface area (Å²) in [7, 11) is 0. The zero-order chi connectivity index (χ0) is 79.4. The summed E-state index contributed by atoms with van der Waals surface area (Å²) >= 11 is 1.88. The first-order chi connectivity index (χ1) is 51.2. The van der Waals surface area contributed by atoms with Crippen molar-refractivity contribution in [3.63, 3.8) is 0 Å². The minimum Gasteiger partial charge on any atom is -0.509 e. The molecule has 0 saturated carbocycles. The molecule has 0 bridgehead atoms. The molecular weight excluding hydrogens is 1550 g/mol. The number of nitrogens with zero attached hydrogens (tertiary/aromatic N) is 4. The molecule has 3 aromatic heterocycles. The third kappa shape index (κ3) is 15.5. The maximum atomic E-state index is 7.59. The van der Waals surface area contributed by atoms with Gasteiger partial charge in [-0.25, -0.2) is 4.98 Å². The van der Waals surface area contributed by atoms with Crippen LogP contribution < -0.4 is 14.5 Å². The Labute approximate surface area is 683 Å². The van der Waals surface area contributed by atoms with Gasteiger partial charge in [0.1, 0.15) is 5.82 Å². The van der Waals surface area contributed by atoms with Gasteiger partial charge in [0.2, 0.25) is 0 Å². The number of hydrogen-bond acceptors (Lipinski definition) is 5. The minimum atomic E-state index is -0.200. The SMILES string of the molecule is CC(C)c1cccc(C(C)C)c1-c1cc(Oc2[c-]c3c(cc2)c2c4sc5ccccc5c4c(-c4cc(C(C)(C)C)cc(C(C)(C)C)c4)cc2n3-c2cc(C(C)(C)C)ccn2)[c-]c(N2[CH-]N(c3c(-c4cc(C(C)(C)C)cc(C(C)(C)C)c4)cc(C(C)(C)C)cc3-c3cc(C(C)(C)C)cc(C(C)(C)C)c3)c3ccccc32)c1.[Pt]. The third-order valence-electron chi connectivity index (χ3n) is 22.8. The molecule has 7 heteroatoms. The topological polar surface area (TPSA) is 33.5 Å². The standard InChI is InChI=1S/C104H117N4OS.Pt/c1-62(2)79-35-33-36-80(63(3)4)92(79)67-50-76(106-61-107(87-38-31-30-37-86(87)106)95-84(65-46-71(100(14,15)16)53-72(47-65)101(17,18)19)55-75(104(26,27)28)56-85(95)66-48-73(102(20,21)22)54-74(49-66)103(23,24)25)58-78(51-67)109-77-40-41-81-88(59-77)108(91-57-68(42-43-105-91)97(5,6)7)89-60-83(93-82-34-29-32-39-90(82)110-96(93)94(81)89)64-44-69(98(8,9)10)52-70(45-64)99(11,12)13;/h29-57,60-63H,1-28H3;/q-3;. The molecule has 14 rings (SSSR count). The van der Waals surface area contributed by atoms with E-state index >= 15 is 0 Å². The van der Waals surface area contributed by atoms with Crippen LogP contribution in [0.2, 0.25) is 0 Å². The Morgan fingerprint density at radius 3 is 1.32 bits per heavy atom. The fourth-order valence-corrected chi connectivity index (χ4v) is 17.2. The van der Waals surface area contributed by atoms with Gasteiger partial charge >= 0.3 is 0 Å². The van der Waals surface area contributed by atoms with E-state index in [1.54, 1.807) is 0 Å². The Kier molecular flexibility index (Phi) is 20.7. The maximum absolute atomic E-state index is 7.59. The molecule has 0 aliphatic carbocycles. The monoisotopic (exact) mass is 1660 g/mol. The molecule has 0 fully saturated rings. The van der Waals surface area contributed by atoms with Crippen molar-refractivity contribution in [3.8, 4) is 61.8 Å². The number of pyridine rings is 1. The van der Waals surface area contributed by atoms with Gasteiger partial charge in [0.15, 0.2) is 0 Å². The average Bonchev–Trinajstić information content (AvgIpc) is 1.56. The first-order valence-corrected chi connectivity index (χ1v) is 40.9. The number of thiophene rings is 1. The molecule has 0 radical (unpaired) electrons. The zero-order valence-electron chi connectivity index (χ0n) is 71.5. The molecule has 1 aliphatic heterocycles. The zero-order valence-corrected chi connectivity index (χ0v) is 74.6. The van der Waals surface area contributed by atoms with E-state index in [-0.39, 0.29) is 76.2 Å². The summed E-state index contributed by atoms with van der Waals surface area (Å²) in [6.45, 7) is 67.8. The van der Waals surface area contributed by atoms with Crippen molar-refractivity contribution in [2.45, 2.75) is 249 Å². The first-order valence-electron chi connectivity index (χ1n) is 40.1. The second kappa shape index (κ2) is 28.5. The molecular formula is C104H117N4OPtS-3. The van der Waals surface area contributed by atoms with Crippen LogP contribution in [0.15, 0.2) is 182 Å². The number of para-hydroxylation sites is 2. The maximum Gasteiger partial charge on any atom is 0.135 e. The smallest absolute Gasteiger partial charge is 0.135 e. The molecule has 4 heterocycles. The second-order valence-corrected chi connectivity index (χ2v) is 41.5. The molecule has 0 atom stereocenters. The normalized spacial score (nSPS) is 13.6. The van der Waals surface area contributed by atoms with Crippen molar-refractivity contribution in [1.29, 1.82) is 0 Å². The van der Waals surface area contributed by atoms with E-state index in [0.717, 1.165) is 50.6 Å². The van der Waals surface area contributed by atoms with Gasteiger partial charge in [0.25, 0.3) is 0 Å². The Morgan fingerprint density at radius 1 is 0.387 bits per heavy atom. The van der Waals surface area contributed by atoms with Crippen molar-refractivity contribution in [2.24, 2.45) is 0 Å². The molecule has 1 aliphatic rings. The number of hydrogen-bond donors (Lipinski definition) is 0. The summed E-state index contributed by atoms with van der Waals surface area (Å²) in [4.78, 5) is 10.2. The Bertz CT molecular complexity index is 5560. The van der Waals surface area contributed by atoms with Gasteiger partial charge in [-0.2, -0.15) is 6.07 Å². The van der Waals surface area contributed by atoms with E-state index in [9.17, 15) is 0 Å². The van der Waals surface area contributed by atoms with Gasteiger partial charge < -0.3 is 19.1 Å². The largest absolute Gasteiger partial charge is 0.509 e. The summed E-state index contributed by atoms with van der Waals surface area (Å²) in [5.41, 5.74) is 27.4. The molecule has 578 valence electrons. The summed E-state index contributed by atoms with van der Waals surface area (Å²) in [6.07, 6.45) is 1.98. The van der Waals surface area contributed by atoms with Crippen LogP contribution in [0.1, 0.15) is 261 Å². The predicted molar refractivity (Wildman–Crippen MR) is 477 cm³/mol. The van der Waals surface area contributed by atoms with E-state index in [2.05, 4.69) is 403 Å². The molecule has 0 spiro atoms. The van der Waals surface area contributed by atoms with Crippen LogP contribution in [0.25, 0.3) is 92.3 Å². The fourth-order valence-electron chi connectivity index (χ4n) is 15.9. The number of ether oxygens (including phenoxy) is 1. The van der Waals surface area contributed by atoms with Crippen LogP contribution in [0, 0.1) is 18.8 Å².